The normalized spacial score (nSPS) is 15.7. The molecule has 1 aromatic rings. The molecule has 0 radical (unpaired) electrons. The Morgan fingerprint density at radius 1 is 1.48 bits per heavy atom. The predicted octanol–water partition coefficient (Wildman–Crippen LogP) is 1.43. The molecule has 5 heteroatoms. The highest BCUT2D eigenvalue weighted by Crippen LogP contribution is 2.13. The molecule has 1 aliphatic heterocycles. The van der Waals surface area contributed by atoms with Crippen molar-refractivity contribution in [3.05, 3.63) is 29.8 Å². The third-order valence-electron chi connectivity index (χ3n) is 3.72. The van der Waals surface area contributed by atoms with Gasteiger partial charge in [0.1, 0.15) is 0 Å². The molecule has 0 unspecified atom stereocenters. The Kier molecular flexibility index (Phi) is 5.73. The minimum atomic E-state index is -0.0403. The van der Waals surface area contributed by atoms with E-state index in [1.54, 1.807) is 24.3 Å². The van der Waals surface area contributed by atoms with Crippen LogP contribution in [0, 0.1) is 17.2 Å². The minimum absolute atomic E-state index is 0.0403. The van der Waals surface area contributed by atoms with Crippen molar-refractivity contribution < 1.29 is 4.79 Å². The molecular weight excluding hydrogens is 264 g/mol. The number of likely N-dealkylation sites (N-methyl/N-ethyl adjacent to an activating group) is 1. The van der Waals surface area contributed by atoms with Crippen LogP contribution in [0.4, 0.5) is 5.69 Å². The van der Waals surface area contributed by atoms with Crippen LogP contribution in [0.15, 0.2) is 24.3 Å². The average molecular weight is 286 g/mol. The first kappa shape index (κ1) is 15.5. The summed E-state index contributed by atoms with van der Waals surface area (Å²) in [7, 11) is 1.98. The van der Waals surface area contributed by atoms with Crippen LogP contribution in [0.1, 0.15) is 18.4 Å². The number of amides is 1. The highest BCUT2D eigenvalue weighted by molar-refractivity contribution is 5.92. The zero-order valence-electron chi connectivity index (χ0n) is 12.4. The first-order valence-corrected chi connectivity index (χ1v) is 7.36. The van der Waals surface area contributed by atoms with Crippen LogP contribution >= 0.6 is 0 Å². The van der Waals surface area contributed by atoms with Gasteiger partial charge in [-0.2, -0.15) is 5.26 Å². The molecule has 1 fully saturated rings. The molecule has 0 aromatic heterocycles. The predicted molar refractivity (Wildman–Crippen MR) is 82.9 cm³/mol. The van der Waals surface area contributed by atoms with Crippen LogP contribution in [-0.2, 0) is 4.79 Å². The van der Waals surface area contributed by atoms with Crippen molar-refractivity contribution in [2.75, 3.05) is 38.5 Å². The number of rotatable bonds is 5. The summed E-state index contributed by atoms with van der Waals surface area (Å²) in [6, 6.07) is 9.04. The summed E-state index contributed by atoms with van der Waals surface area (Å²) in [6.07, 6.45) is 2.35. The standard InChI is InChI=1S/C16H22N4O/c1-20(11-13-5-7-18-8-6-13)12-16(21)19-15-4-2-3-14(9-15)10-17/h2-4,9,13,18H,5-8,11-12H2,1H3,(H,19,21). The van der Waals surface area contributed by atoms with Gasteiger partial charge in [-0.25, -0.2) is 0 Å². The third kappa shape index (κ3) is 5.18. The van der Waals surface area contributed by atoms with Crippen molar-refractivity contribution >= 4 is 11.6 Å². The fraction of sp³-hybridized carbons (Fsp3) is 0.500. The van der Waals surface area contributed by atoms with Crippen molar-refractivity contribution in [3.8, 4) is 6.07 Å². The van der Waals surface area contributed by atoms with Gasteiger partial charge in [0.25, 0.3) is 0 Å². The zero-order valence-corrected chi connectivity index (χ0v) is 12.4. The maximum atomic E-state index is 12.0. The number of hydrogen-bond donors (Lipinski definition) is 2. The second kappa shape index (κ2) is 7.77. The van der Waals surface area contributed by atoms with Crippen molar-refractivity contribution in [2.24, 2.45) is 5.92 Å². The molecule has 2 rings (SSSR count). The van der Waals surface area contributed by atoms with Gasteiger partial charge >= 0.3 is 0 Å². The lowest BCUT2D eigenvalue weighted by molar-refractivity contribution is -0.117. The van der Waals surface area contributed by atoms with Crippen molar-refractivity contribution in [3.63, 3.8) is 0 Å². The van der Waals surface area contributed by atoms with Gasteiger partial charge in [0.15, 0.2) is 0 Å². The molecular formula is C16H22N4O. The van der Waals surface area contributed by atoms with Crippen LogP contribution in [0.5, 0.6) is 0 Å². The Bertz CT molecular complexity index is 517. The molecule has 112 valence electrons. The van der Waals surface area contributed by atoms with Crippen molar-refractivity contribution in [2.45, 2.75) is 12.8 Å². The fourth-order valence-corrected chi connectivity index (χ4v) is 2.68. The molecule has 2 N–H and O–H groups in total. The smallest absolute Gasteiger partial charge is 0.238 e. The molecule has 0 spiro atoms. The topological polar surface area (TPSA) is 68.2 Å². The molecule has 0 saturated carbocycles. The van der Waals surface area contributed by atoms with E-state index in [1.807, 2.05) is 7.05 Å². The van der Waals surface area contributed by atoms with Crippen LogP contribution in [0.25, 0.3) is 0 Å². The Hall–Kier alpha value is -1.90. The largest absolute Gasteiger partial charge is 0.325 e. The van der Waals surface area contributed by atoms with E-state index in [9.17, 15) is 4.79 Å². The molecule has 0 aliphatic carbocycles. The number of piperidine rings is 1. The van der Waals surface area contributed by atoms with E-state index in [0.717, 1.165) is 19.6 Å². The van der Waals surface area contributed by atoms with E-state index in [-0.39, 0.29) is 5.91 Å². The highest BCUT2D eigenvalue weighted by atomic mass is 16.2. The van der Waals surface area contributed by atoms with Crippen LogP contribution in [0.2, 0.25) is 0 Å². The number of anilines is 1. The van der Waals surface area contributed by atoms with E-state index >= 15 is 0 Å². The number of carbonyl (C=O) groups is 1. The van der Waals surface area contributed by atoms with Crippen LogP contribution < -0.4 is 10.6 Å². The quantitative estimate of drug-likeness (QED) is 0.859. The second-order valence-electron chi connectivity index (χ2n) is 5.63. The van der Waals surface area contributed by atoms with E-state index in [1.165, 1.54) is 12.8 Å². The first-order valence-electron chi connectivity index (χ1n) is 7.36. The summed E-state index contributed by atoms with van der Waals surface area (Å²) in [5.74, 6) is 0.632. The van der Waals surface area contributed by atoms with Crippen LogP contribution in [-0.4, -0.2) is 44.0 Å². The maximum Gasteiger partial charge on any atom is 0.238 e. The highest BCUT2D eigenvalue weighted by Gasteiger charge is 2.16. The number of hydrogen-bond acceptors (Lipinski definition) is 4. The van der Waals surface area contributed by atoms with Gasteiger partial charge in [0, 0.05) is 12.2 Å². The number of carbonyl (C=O) groups excluding carboxylic acids is 1. The maximum absolute atomic E-state index is 12.0. The monoisotopic (exact) mass is 286 g/mol. The van der Waals surface area contributed by atoms with Gasteiger partial charge < -0.3 is 10.6 Å². The SMILES string of the molecule is CN(CC(=O)Nc1cccc(C#N)c1)CC1CCNCC1. The van der Waals surface area contributed by atoms with Crippen LogP contribution in [0.3, 0.4) is 0 Å². The van der Waals surface area contributed by atoms with Gasteiger partial charge in [0.05, 0.1) is 18.2 Å². The summed E-state index contributed by atoms with van der Waals surface area (Å²) in [6.45, 7) is 3.48. The Labute approximate surface area is 125 Å². The molecule has 1 heterocycles. The van der Waals surface area contributed by atoms with Gasteiger partial charge in [0.2, 0.25) is 5.91 Å². The zero-order chi connectivity index (χ0) is 15.1. The van der Waals surface area contributed by atoms with E-state index < -0.39 is 0 Å². The van der Waals surface area contributed by atoms with Gasteiger partial charge in [-0.1, -0.05) is 6.07 Å². The summed E-state index contributed by atoms with van der Waals surface area (Å²) in [4.78, 5) is 14.1. The fourth-order valence-electron chi connectivity index (χ4n) is 2.68. The third-order valence-corrected chi connectivity index (χ3v) is 3.72. The van der Waals surface area contributed by atoms with E-state index in [4.69, 9.17) is 5.26 Å². The van der Waals surface area contributed by atoms with Gasteiger partial charge in [-0.05, 0) is 57.1 Å². The average Bonchev–Trinajstić information content (AvgIpc) is 2.48. The number of benzene rings is 1. The number of nitrogens with zero attached hydrogens (tertiary/aromatic N) is 2. The molecule has 1 amide bonds. The lowest BCUT2D eigenvalue weighted by Crippen LogP contribution is -2.37. The molecule has 1 aliphatic rings. The Balaban J connectivity index is 1.79. The lowest BCUT2D eigenvalue weighted by atomic mass is 9.98. The first-order chi connectivity index (χ1) is 10.2. The molecule has 1 aromatic carbocycles. The Morgan fingerprint density at radius 3 is 2.95 bits per heavy atom. The summed E-state index contributed by atoms with van der Waals surface area (Å²) in [5.41, 5.74) is 1.23. The molecule has 0 bridgehead atoms. The lowest BCUT2D eigenvalue weighted by Gasteiger charge is -2.27. The molecule has 5 nitrogen and oxygen atoms in total. The van der Waals surface area contributed by atoms with Gasteiger partial charge in [-0.15, -0.1) is 0 Å². The van der Waals surface area contributed by atoms with Crippen molar-refractivity contribution in [1.29, 1.82) is 5.26 Å². The van der Waals surface area contributed by atoms with E-state index in [0.29, 0.717) is 23.7 Å². The summed E-state index contributed by atoms with van der Waals surface area (Å²) < 4.78 is 0. The summed E-state index contributed by atoms with van der Waals surface area (Å²) in [5, 5.41) is 15.0. The number of nitriles is 1. The summed E-state index contributed by atoms with van der Waals surface area (Å²) >= 11 is 0. The van der Waals surface area contributed by atoms with Crippen molar-refractivity contribution in [1.82, 2.24) is 10.2 Å². The molecule has 1 saturated heterocycles. The Morgan fingerprint density at radius 2 is 2.24 bits per heavy atom. The van der Waals surface area contributed by atoms with Gasteiger partial charge in [-0.3, -0.25) is 9.69 Å². The minimum Gasteiger partial charge on any atom is -0.325 e. The van der Waals surface area contributed by atoms with E-state index in [2.05, 4.69) is 21.6 Å². The molecule has 21 heavy (non-hydrogen) atoms. The number of nitrogens with one attached hydrogen (secondary N) is 2. The second-order valence-corrected chi connectivity index (χ2v) is 5.63. The molecule has 0 atom stereocenters.